The van der Waals surface area contributed by atoms with Crippen molar-refractivity contribution in [1.82, 2.24) is 10.2 Å². The molecule has 1 N–H and O–H groups in total. The molecule has 1 aliphatic heterocycles. The predicted octanol–water partition coefficient (Wildman–Crippen LogP) is 3.69. The fourth-order valence-electron chi connectivity index (χ4n) is 3.25. The van der Waals surface area contributed by atoms with Crippen LogP contribution in [0.1, 0.15) is 38.7 Å². The van der Waals surface area contributed by atoms with Crippen molar-refractivity contribution in [2.24, 2.45) is 0 Å². The Labute approximate surface area is 137 Å². The molecule has 1 unspecified atom stereocenters. The zero-order chi connectivity index (χ0) is 14.6. The fourth-order valence-corrected chi connectivity index (χ4v) is 3.61. The molecule has 0 aliphatic carbocycles. The Balaban J connectivity index is 2.07. The number of likely N-dealkylation sites (tertiary alicyclic amines) is 1. The summed E-state index contributed by atoms with van der Waals surface area (Å²) in [5.41, 5.74) is 1.63. The minimum atomic E-state index is 0.207. The van der Waals surface area contributed by atoms with Crippen LogP contribution in [0.5, 0.6) is 0 Å². The van der Waals surface area contributed by atoms with Gasteiger partial charge < -0.3 is 5.32 Å². The average Bonchev–Trinajstić information content (AvgIpc) is 2.47. The Morgan fingerprint density at radius 3 is 2.30 bits per heavy atom. The van der Waals surface area contributed by atoms with Crippen LogP contribution in [0, 0.1) is 3.57 Å². The molecule has 3 heteroatoms. The number of rotatable bonds is 5. The Morgan fingerprint density at radius 2 is 1.75 bits per heavy atom. The summed E-state index contributed by atoms with van der Waals surface area (Å²) in [5.74, 6) is 0. The lowest BCUT2D eigenvalue weighted by Gasteiger charge is -2.46. The van der Waals surface area contributed by atoms with Gasteiger partial charge in [0.05, 0.1) is 0 Å². The van der Waals surface area contributed by atoms with Gasteiger partial charge >= 0.3 is 0 Å². The van der Waals surface area contributed by atoms with Gasteiger partial charge in [0.15, 0.2) is 0 Å². The Kier molecular flexibility index (Phi) is 5.87. The highest BCUT2D eigenvalue weighted by Gasteiger charge is 2.35. The summed E-state index contributed by atoms with van der Waals surface area (Å²) in [7, 11) is 2.10. The molecule has 0 aromatic heterocycles. The first-order valence-electron chi connectivity index (χ1n) is 7.71. The van der Waals surface area contributed by atoms with Crippen LogP contribution in [-0.2, 0) is 6.42 Å². The van der Waals surface area contributed by atoms with E-state index in [1.165, 1.54) is 41.5 Å². The van der Waals surface area contributed by atoms with Crippen LogP contribution in [0.15, 0.2) is 24.3 Å². The largest absolute Gasteiger partial charge is 0.315 e. The molecule has 0 bridgehead atoms. The number of likely N-dealkylation sites (N-methyl/N-ethyl adjacent to an activating group) is 1. The highest BCUT2D eigenvalue weighted by molar-refractivity contribution is 14.1. The van der Waals surface area contributed by atoms with Crippen LogP contribution in [-0.4, -0.2) is 36.6 Å². The van der Waals surface area contributed by atoms with Gasteiger partial charge in [0.2, 0.25) is 0 Å². The third-order valence-corrected chi connectivity index (χ3v) is 5.44. The van der Waals surface area contributed by atoms with Crippen molar-refractivity contribution in [3.8, 4) is 0 Å². The molecule has 0 amide bonds. The number of halogens is 1. The van der Waals surface area contributed by atoms with Gasteiger partial charge in [0.1, 0.15) is 0 Å². The maximum atomic E-state index is 3.56. The molecule has 2 nitrogen and oxygen atoms in total. The van der Waals surface area contributed by atoms with E-state index in [0.29, 0.717) is 6.04 Å². The normalized spacial score (nSPS) is 19.0. The molecule has 1 aromatic rings. The third kappa shape index (κ3) is 3.95. The van der Waals surface area contributed by atoms with Gasteiger partial charge in [-0.2, -0.15) is 0 Å². The second-order valence-electron chi connectivity index (χ2n) is 6.37. The molecule has 1 fully saturated rings. The maximum absolute atomic E-state index is 3.56. The van der Waals surface area contributed by atoms with Gasteiger partial charge in [-0.05, 0) is 93.5 Å². The molecule has 112 valence electrons. The minimum Gasteiger partial charge on any atom is -0.315 e. The van der Waals surface area contributed by atoms with E-state index in [4.69, 9.17) is 0 Å². The zero-order valence-electron chi connectivity index (χ0n) is 13.0. The quantitative estimate of drug-likeness (QED) is 0.777. The second-order valence-corrected chi connectivity index (χ2v) is 7.62. The van der Waals surface area contributed by atoms with Gasteiger partial charge in [-0.3, -0.25) is 4.90 Å². The lowest BCUT2D eigenvalue weighted by molar-refractivity contribution is 0.0635. The van der Waals surface area contributed by atoms with E-state index in [-0.39, 0.29) is 5.54 Å². The molecule has 1 heterocycles. The van der Waals surface area contributed by atoms with Gasteiger partial charge in [0.25, 0.3) is 0 Å². The van der Waals surface area contributed by atoms with E-state index >= 15 is 0 Å². The van der Waals surface area contributed by atoms with Crippen molar-refractivity contribution < 1.29 is 0 Å². The van der Waals surface area contributed by atoms with Crippen molar-refractivity contribution in [1.29, 1.82) is 0 Å². The van der Waals surface area contributed by atoms with Gasteiger partial charge in [0, 0.05) is 15.2 Å². The van der Waals surface area contributed by atoms with E-state index in [2.05, 4.69) is 78.0 Å². The first-order valence-corrected chi connectivity index (χ1v) is 8.78. The smallest absolute Gasteiger partial charge is 0.0309 e. The van der Waals surface area contributed by atoms with E-state index in [1.54, 1.807) is 0 Å². The Morgan fingerprint density at radius 1 is 1.15 bits per heavy atom. The number of hydrogen-bond donors (Lipinski definition) is 1. The number of benzene rings is 1. The summed E-state index contributed by atoms with van der Waals surface area (Å²) >= 11 is 2.37. The standard InChI is InChI=1S/C17H27IN2/c1-17(2,20-11-5-4-6-12-20)16(19-3)13-14-7-9-15(18)10-8-14/h7-10,16,19H,4-6,11-13H2,1-3H3. The zero-order valence-corrected chi connectivity index (χ0v) is 15.1. The molecule has 1 aromatic carbocycles. The second kappa shape index (κ2) is 7.23. The van der Waals surface area contributed by atoms with Crippen LogP contribution in [0.25, 0.3) is 0 Å². The first-order chi connectivity index (χ1) is 9.54. The van der Waals surface area contributed by atoms with Crippen LogP contribution in [0.3, 0.4) is 0 Å². The van der Waals surface area contributed by atoms with Gasteiger partial charge in [-0.25, -0.2) is 0 Å². The molecule has 1 aliphatic rings. The van der Waals surface area contributed by atoms with Crippen LogP contribution < -0.4 is 5.32 Å². The number of nitrogens with zero attached hydrogens (tertiary/aromatic N) is 1. The van der Waals surface area contributed by atoms with Crippen molar-refractivity contribution in [3.63, 3.8) is 0 Å². The highest BCUT2D eigenvalue weighted by atomic mass is 127. The minimum absolute atomic E-state index is 0.207. The summed E-state index contributed by atoms with van der Waals surface area (Å²) in [5, 5.41) is 3.56. The Hall–Kier alpha value is -0.130. The number of piperidine rings is 1. The summed E-state index contributed by atoms with van der Waals surface area (Å²) in [4.78, 5) is 2.67. The van der Waals surface area contributed by atoms with Crippen molar-refractivity contribution >= 4 is 22.6 Å². The Bertz CT molecular complexity index is 408. The topological polar surface area (TPSA) is 15.3 Å². The number of nitrogens with one attached hydrogen (secondary N) is 1. The van der Waals surface area contributed by atoms with E-state index in [9.17, 15) is 0 Å². The number of hydrogen-bond acceptors (Lipinski definition) is 2. The van der Waals surface area contributed by atoms with E-state index < -0.39 is 0 Å². The van der Waals surface area contributed by atoms with Gasteiger partial charge in [-0.15, -0.1) is 0 Å². The van der Waals surface area contributed by atoms with Gasteiger partial charge in [-0.1, -0.05) is 18.6 Å². The SMILES string of the molecule is CNC(Cc1ccc(I)cc1)C(C)(C)N1CCCCC1. The fraction of sp³-hybridized carbons (Fsp3) is 0.647. The summed E-state index contributed by atoms with van der Waals surface area (Å²) in [6.07, 6.45) is 5.19. The highest BCUT2D eigenvalue weighted by Crippen LogP contribution is 2.26. The van der Waals surface area contributed by atoms with Crippen molar-refractivity contribution in [2.45, 2.75) is 51.1 Å². The summed E-state index contributed by atoms with van der Waals surface area (Å²) < 4.78 is 1.31. The molecule has 1 atom stereocenters. The third-order valence-electron chi connectivity index (χ3n) is 4.73. The molecule has 2 rings (SSSR count). The summed E-state index contributed by atoms with van der Waals surface area (Å²) in [6, 6.07) is 9.42. The molecular formula is C17H27IN2. The van der Waals surface area contributed by atoms with E-state index in [0.717, 1.165) is 6.42 Å². The van der Waals surface area contributed by atoms with Crippen molar-refractivity contribution in [2.75, 3.05) is 20.1 Å². The predicted molar refractivity (Wildman–Crippen MR) is 95.2 cm³/mol. The molecule has 20 heavy (non-hydrogen) atoms. The van der Waals surface area contributed by atoms with E-state index in [1.807, 2.05) is 0 Å². The average molecular weight is 386 g/mol. The summed E-state index contributed by atoms with van der Waals surface area (Å²) in [6.45, 7) is 7.29. The first kappa shape index (κ1) is 16.2. The maximum Gasteiger partial charge on any atom is 0.0309 e. The molecule has 0 radical (unpaired) electrons. The van der Waals surface area contributed by atoms with Crippen molar-refractivity contribution in [3.05, 3.63) is 33.4 Å². The molecular weight excluding hydrogens is 359 g/mol. The van der Waals surface area contributed by atoms with Crippen LogP contribution in [0.4, 0.5) is 0 Å². The van der Waals surface area contributed by atoms with Crippen LogP contribution >= 0.6 is 22.6 Å². The lowest BCUT2D eigenvalue weighted by Crippen LogP contribution is -2.59. The lowest BCUT2D eigenvalue weighted by atomic mass is 9.86. The molecule has 1 saturated heterocycles. The van der Waals surface area contributed by atoms with Crippen LogP contribution in [0.2, 0.25) is 0 Å². The molecule has 0 spiro atoms. The molecule has 0 saturated carbocycles. The monoisotopic (exact) mass is 386 g/mol.